The molecule has 1 aromatic carbocycles. The Morgan fingerprint density at radius 2 is 2.00 bits per heavy atom. The maximum atomic E-state index is 12.7. The summed E-state index contributed by atoms with van der Waals surface area (Å²) in [5.41, 5.74) is 1.62. The Labute approximate surface area is 159 Å². The Bertz CT molecular complexity index is 951. The van der Waals surface area contributed by atoms with Gasteiger partial charge in [0, 0.05) is 0 Å². The van der Waals surface area contributed by atoms with Gasteiger partial charge in [-0.3, -0.25) is 4.79 Å². The van der Waals surface area contributed by atoms with Crippen molar-refractivity contribution in [3.63, 3.8) is 0 Å². The Morgan fingerprint density at radius 3 is 2.70 bits per heavy atom. The number of hydrogen-bond acceptors (Lipinski definition) is 8. The molecule has 8 nitrogen and oxygen atoms in total. The van der Waals surface area contributed by atoms with Crippen molar-refractivity contribution in [1.29, 1.82) is 0 Å². The molecule has 0 radical (unpaired) electrons. The highest BCUT2D eigenvalue weighted by Gasteiger charge is 2.23. The van der Waals surface area contributed by atoms with E-state index in [1.165, 1.54) is 23.1 Å². The van der Waals surface area contributed by atoms with Crippen molar-refractivity contribution in [2.24, 2.45) is 0 Å². The van der Waals surface area contributed by atoms with E-state index >= 15 is 0 Å². The average Bonchev–Trinajstić information content (AvgIpc) is 3.29. The molecule has 0 N–H and O–H groups in total. The Kier molecular flexibility index (Phi) is 5.60. The van der Waals surface area contributed by atoms with Gasteiger partial charge in [-0.25, -0.2) is 14.5 Å². The summed E-state index contributed by atoms with van der Waals surface area (Å²) in [6.45, 7) is 3.47. The normalized spacial score (nSPS) is 11.8. The second-order valence-electron chi connectivity index (χ2n) is 5.74. The van der Waals surface area contributed by atoms with Crippen LogP contribution in [-0.4, -0.2) is 39.0 Å². The van der Waals surface area contributed by atoms with Crippen LogP contribution in [-0.2, 0) is 20.8 Å². The molecule has 0 aliphatic carbocycles. The molecule has 0 saturated heterocycles. The Hall–Kier alpha value is -3.07. The molecule has 0 fully saturated rings. The molecule has 27 heavy (non-hydrogen) atoms. The van der Waals surface area contributed by atoms with Crippen LogP contribution in [0.5, 0.6) is 0 Å². The highest BCUT2D eigenvalue weighted by molar-refractivity contribution is 7.15. The molecule has 1 atom stereocenters. The zero-order valence-corrected chi connectivity index (χ0v) is 15.9. The molecular weight excluding hydrogens is 368 g/mol. The smallest absolute Gasteiger partial charge is 0.359 e. The van der Waals surface area contributed by atoms with E-state index in [9.17, 15) is 9.59 Å². The highest BCUT2D eigenvalue weighted by atomic mass is 32.1. The van der Waals surface area contributed by atoms with Gasteiger partial charge < -0.3 is 9.47 Å². The van der Waals surface area contributed by atoms with Gasteiger partial charge in [-0.1, -0.05) is 35.5 Å². The number of ether oxygens (including phenoxy) is 2. The summed E-state index contributed by atoms with van der Waals surface area (Å²) in [4.78, 5) is 29.0. The fraction of sp³-hybridized carbons (Fsp3) is 0.278. The number of hydrogen-bond donors (Lipinski definition) is 0. The molecular formula is C18H18N4O4S. The molecule has 0 aliphatic rings. The van der Waals surface area contributed by atoms with Crippen LogP contribution < -0.4 is 0 Å². The first kappa shape index (κ1) is 18.7. The van der Waals surface area contributed by atoms with Crippen molar-refractivity contribution in [2.75, 3.05) is 7.11 Å². The van der Waals surface area contributed by atoms with Gasteiger partial charge >= 0.3 is 11.9 Å². The summed E-state index contributed by atoms with van der Waals surface area (Å²) < 4.78 is 11.4. The third kappa shape index (κ3) is 4.37. The number of aromatic nitrogens is 4. The molecule has 0 spiro atoms. The second kappa shape index (κ2) is 8.09. The average molecular weight is 386 g/mol. The molecule has 2 heterocycles. The largest absolute Gasteiger partial charge is 0.468 e. The third-order valence-electron chi connectivity index (χ3n) is 3.74. The SMILES string of the molecule is COC(=O)Cn1cc([C@H](C)OC(=O)c2nc(C)sc2-c2ccccc2)nn1. The van der Waals surface area contributed by atoms with Gasteiger partial charge in [0.25, 0.3) is 0 Å². The number of aryl methyl sites for hydroxylation is 1. The summed E-state index contributed by atoms with van der Waals surface area (Å²) in [6, 6.07) is 9.57. The van der Waals surface area contributed by atoms with Crippen LogP contribution in [0.3, 0.4) is 0 Å². The molecule has 0 unspecified atom stereocenters. The first-order valence-corrected chi connectivity index (χ1v) is 9.00. The molecule has 2 aromatic heterocycles. The van der Waals surface area contributed by atoms with Crippen molar-refractivity contribution in [1.82, 2.24) is 20.0 Å². The van der Waals surface area contributed by atoms with Gasteiger partial charge in [0.2, 0.25) is 0 Å². The quantitative estimate of drug-likeness (QED) is 0.601. The van der Waals surface area contributed by atoms with Crippen molar-refractivity contribution < 1.29 is 19.1 Å². The van der Waals surface area contributed by atoms with Gasteiger partial charge in [0.15, 0.2) is 5.69 Å². The predicted octanol–water partition coefficient (Wildman–Crippen LogP) is 2.80. The van der Waals surface area contributed by atoms with Crippen molar-refractivity contribution in [3.8, 4) is 10.4 Å². The van der Waals surface area contributed by atoms with Crippen LogP contribution in [0.4, 0.5) is 0 Å². The monoisotopic (exact) mass is 386 g/mol. The van der Waals surface area contributed by atoms with Crippen LogP contribution >= 0.6 is 11.3 Å². The first-order chi connectivity index (χ1) is 13.0. The summed E-state index contributed by atoms with van der Waals surface area (Å²) >= 11 is 1.44. The lowest BCUT2D eigenvalue weighted by Crippen LogP contribution is -2.12. The summed E-state index contributed by atoms with van der Waals surface area (Å²) in [6.07, 6.45) is 0.897. The fourth-order valence-corrected chi connectivity index (χ4v) is 3.31. The molecule has 0 aliphatic heterocycles. The number of thiazole rings is 1. The molecule has 0 amide bonds. The van der Waals surface area contributed by atoms with E-state index in [4.69, 9.17) is 4.74 Å². The lowest BCUT2D eigenvalue weighted by molar-refractivity contribution is -0.141. The molecule has 0 saturated carbocycles. The van der Waals surface area contributed by atoms with Crippen LogP contribution in [0.25, 0.3) is 10.4 Å². The Morgan fingerprint density at radius 1 is 1.26 bits per heavy atom. The van der Waals surface area contributed by atoms with E-state index in [0.717, 1.165) is 15.4 Å². The van der Waals surface area contributed by atoms with E-state index in [-0.39, 0.29) is 12.2 Å². The van der Waals surface area contributed by atoms with Crippen LogP contribution in [0.15, 0.2) is 36.5 Å². The standard InChI is InChI=1S/C18H18N4O4S/c1-11(14-9-22(21-20-14)10-15(23)25-3)26-18(24)16-17(27-12(2)19-16)13-7-5-4-6-8-13/h4-9,11H,10H2,1-3H3/t11-/m0/s1. The Balaban J connectivity index is 1.75. The van der Waals surface area contributed by atoms with Crippen LogP contribution in [0.2, 0.25) is 0 Å². The number of carbonyl (C=O) groups excluding carboxylic acids is 2. The number of rotatable bonds is 6. The van der Waals surface area contributed by atoms with E-state index in [2.05, 4.69) is 20.0 Å². The zero-order chi connectivity index (χ0) is 19.4. The number of esters is 2. The van der Waals surface area contributed by atoms with E-state index in [1.807, 2.05) is 37.3 Å². The van der Waals surface area contributed by atoms with E-state index in [1.54, 1.807) is 13.1 Å². The number of benzene rings is 1. The number of nitrogens with zero attached hydrogens (tertiary/aromatic N) is 4. The number of methoxy groups -OCH3 is 1. The molecule has 9 heteroatoms. The summed E-state index contributed by atoms with van der Waals surface area (Å²) in [7, 11) is 1.30. The molecule has 140 valence electrons. The minimum Gasteiger partial charge on any atom is -0.468 e. The lowest BCUT2D eigenvalue weighted by atomic mass is 10.1. The zero-order valence-electron chi connectivity index (χ0n) is 15.1. The summed E-state index contributed by atoms with van der Waals surface area (Å²) in [5, 5.41) is 8.56. The third-order valence-corrected chi connectivity index (χ3v) is 4.76. The predicted molar refractivity (Wildman–Crippen MR) is 98.2 cm³/mol. The highest BCUT2D eigenvalue weighted by Crippen LogP contribution is 2.31. The van der Waals surface area contributed by atoms with Crippen molar-refractivity contribution >= 4 is 23.3 Å². The van der Waals surface area contributed by atoms with Crippen LogP contribution in [0, 0.1) is 6.92 Å². The molecule has 3 aromatic rings. The minimum atomic E-state index is -0.644. The molecule has 0 bridgehead atoms. The number of carbonyl (C=O) groups is 2. The van der Waals surface area contributed by atoms with Gasteiger partial charge in [0.05, 0.1) is 23.2 Å². The second-order valence-corrected chi connectivity index (χ2v) is 6.94. The topological polar surface area (TPSA) is 96.2 Å². The van der Waals surface area contributed by atoms with Crippen LogP contribution in [0.1, 0.15) is 34.2 Å². The van der Waals surface area contributed by atoms with Gasteiger partial charge in [-0.2, -0.15) is 0 Å². The first-order valence-electron chi connectivity index (χ1n) is 8.18. The minimum absolute atomic E-state index is 0.0619. The fourth-order valence-electron chi connectivity index (χ4n) is 2.40. The molecule has 3 rings (SSSR count). The maximum absolute atomic E-state index is 12.7. The van der Waals surface area contributed by atoms with Gasteiger partial charge in [-0.05, 0) is 19.4 Å². The van der Waals surface area contributed by atoms with Crippen molar-refractivity contribution in [2.45, 2.75) is 26.5 Å². The van der Waals surface area contributed by atoms with Gasteiger partial charge in [0.1, 0.15) is 18.3 Å². The van der Waals surface area contributed by atoms with Crippen molar-refractivity contribution in [3.05, 3.63) is 52.9 Å². The van der Waals surface area contributed by atoms with Gasteiger partial charge in [-0.15, -0.1) is 16.4 Å². The van der Waals surface area contributed by atoms with E-state index in [0.29, 0.717) is 5.69 Å². The van der Waals surface area contributed by atoms with E-state index < -0.39 is 18.0 Å². The summed E-state index contributed by atoms with van der Waals surface area (Å²) in [5.74, 6) is -0.977. The lowest BCUT2D eigenvalue weighted by Gasteiger charge is -2.10. The maximum Gasteiger partial charge on any atom is 0.359 e.